The van der Waals surface area contributed by atoms with Crippen molar-refractivity contribution in [2.45, 2.75) is 32.3 Å². The highest BCUT2D eigenvalue weighted by molar-refractivity contribution is 5.43. The summed E-state index contributed by atoms with van der Waals surface area (Å²) in [7, 11) is 0. The minimum atomic E-state index is -0.473. The molecule has 26 heavy (non-hydrogen) atoms. The van der Waals surface area contributed by atoms with Crippen LogP contribution in [0.25, 0.3) is 0 Å². The molecule has 2 aromatic rings. The van der Waals surface area contributed by atoms with Gasteiger partial charge in [0.15, 0.2) is 0 Å². The molecule has 1 N–H and O–H groups in total. The summed E-state index contributed by atoms with van der Waals surface area (Å²) >= 11 is 0. The summed E-state index contributed by atoms with van der Waals surface area (Å²) in [6.07, 6.45) is 1.63. The normalized spacial score (nSPS) is 23.3. The van der Waals surface area contributed by atoms with E-state index in [4.69, 9.17) is 9.47 Å². The number of benzene rings is 2. The highest BCUT2D eigenvalue weighted by Crippen LogP contribution is 2.37. The van der Waals surface area contributed by atoms with Gasteiger partial charge in [-0.15, -0.1) is 0 Å². The summed E-state index contributed by atoms with van der Waals surface area (Å²) in [5, 5.41) is 9.44. The van der Waals surface area contributed by atoms with Gasteiger partial charge in [0.2, 0.25) is 6.29 Å². The third kappa shape index (κ3) is 3.75. The quantitative estimate of drug-likeness (QED) is 0.907. The third-order valence-electron chi connectivity index (χ3n) is 5.15. The topological polar surface area (TPSA) is 41.9 Å². The van der Waals surface area contributed by atoms with Crippen LogP contribution in [0.1, 0.15) is 35.8 Å². The highest BCUT2D eigenvalue weighted by Gasteiger charge is 2.27. The Morgan fingerprint density at radius 2 is 2.04 bits per heavy atom. The summed E-state index contributed by atoms with van der Waals surface area (Å²) in [6.45, 7) is 2.95. The zero-order chi connectivity index (χ0) is 17.9. The van der Waals surface area contributed by atoms with Crippen molar-refractivity contribution in [3.8, 4) is 5.75 Å². The molecule has 1 fully saturated rings. The van der Waals surface area contributed by atoms with E-state index in [-0.39, 0.29) is 12.4 Å². The van der Waals surface area contributed by atoms with Crippen LogP contribution >= 0.6 is 0 Å². The third-order valence-corrected chi connectivity index (χ3v) is 5.15. The molecule has 0 aliphatic carbocycles. The van der Waals surface area contributed by atoms with Crippen molar-refractivity contribution in [2.24, 2.45) is 5.92 Å². The molecular weight excluding hydrogens is 333 g/mol. The number of piperidine rings is 1. The van der Waals surface area contributed by atoms with Crippen molar-refractivity contribution in [3.05, 3.63) is 65.0 Å². The molecule has 2 aliphatic rings. The monoisotopic (exact) mass is 357 g/mol. The van der Waals surface area contributed by atoms with Crippen LogP contribution in [0.2, 0.25) is 0 Å². The Hall–Kier alpha value is -1.95. The molecule has 4 nitrogen and oxygen atoms in total. The van der Waals surface area contributed by atoms with Crippen molar-refractivity contribution in [3.63, 3.8) is 0 Å². The molecule has 1 saturated heterocycles. The first-order valence-corrected chi connectivity index (χ1v) is 9.20. The van der Waals surface area contributed by atoms with E-state index in [0.717, 1.165) is 48.4 Å². The van der Waals surface area contributed by atoms with Gasteiger partial charge in [-0.05, 0) is 37.4 Å². The predicted octanol–water partition coefficient (Wildman–Crippen LogP) is 3.64. The number of fused-ring (bicyclic) bond motifs is 1. The Labute approximate surface area is 153 Å². The number of aliphatic hydroxyl groups excluding tert-OH is 1. The van der Waals surface area contributed by atoms with E-state index in [0.29, 0.717) is 19.1 Å². The van der Waals surface area contributed by atoms with Gasteiger partial charge < -0.3 is 14.6 Å². The lowest BCUT2D eigenvalue weighted by molar-refractivity contribution is -0.112. The minimum Gasteiger partial charge on any atom is -0.460 e. The highest BCUT2D eigenvalue weighted by atomic mass is 19.1. The maximum Gasteiger partial charge on any atom is 0.227 e. The van der Waals surface area contributed by atoms with E-state index in [1.807, 2.05) is 30.3 Å². The molecule has 2 atom stereocenters. The van der Waals surface area contributed by atoms with Crippen LogP contribution < -0.4 is 4.74 Å². The number of rotatable bonds is 4. The van der Waals surface area contributed by atoms with Gasteiger partial charge >= 0.3 is 0 Å². The van der Waals surface area contributed by atoms with Crippen LogP contribution in [0.4, 0.5) is 4.39 Å². The number of nitrogens with zero attached hydrogens (tertiary/aromatic N) is 1. The smallest absolute Gasteiger partial charge is 0.227 e. The molecule has 4 rings (SSSR count). The van der Waals surface area contributed by atoms with Gasteiger partial charge in [-0.2, -0.15) is 0 Å². The standard InChI is InChI=1S/C21H24FNO3/c22-19-9-17(12-23-8-4-5-15(11-23)13-24)20-18(10-19)14-25-21(26-20)16-6-2-1-3-7-16/h1-3,6-7,9-10,15,21,24H,4-5,8,11-14H2/t15-,21-/m1/s1. The average Bonchev–Trinajstić information content (AvgIpc) is 2.68. The van der Waals surface area contributed by atoms with Crippen LogP contribution in [-0.2, 0) is 17.9 Å². The lowest BCUT2D eigenvalue weighted by atomic mass is 9.98. The Morgan fingerprint density at radius 3 is 2.85 bits per heavy atom. The van der Waals surface area contributed by atoms with Crippen molar-refractivity contribution < 1.29 is 19.0 Å². The molecule has 2 aromatic carbocycles. The van der Waals surface area contributed by atoms with Gasteiger partial charge in [0.25, 0.3) is 0 Å². The van der Waals surface area contributed by atoms with E-state index in [9.17, 15) is 9.50 Å². The number of halogens is 1. The first-order chi connectivity index (χ1) is 12.7. The van der Waals surface area contributed by atoms with E-state index in [2.05, 4.69) is 4.90 Å². The molecule has 0 saturated carbocycles. The Balaban J connectivity index is 1.57. The second-order valence-corrected chi connectivity index (χ2v) is 7.15. The lowest BCUT2D eigenvalue weighted by Gasteiger charge is -2.34. The molecule has 2 heterocycles. The number of likely N-dealkylation sites (tertiary alicyclic amines) is 1. The van der Waals surface area contributed by atoms with Crippen molar-refractivity contribution in [2.75, 3.05) is 19.7 Å². The zero-order valence-electron chi connectivity index (χ0n) is 14.7. The zero-order valence-corrected chi connectivity index (χ0v) is 14.7. The van der Waals surface area contributed by atoms with Gasteiger partial charge in [0, 0.05) is 36.4 Å². The number of hydrogen-bond donors (Lipinski definition) is 1. The van der Waals surface area contributed by atoms with E-state index < -0.39 is 6.29 Å². The molecule has 0 unspecified atom stereocenters. The number of aliphatic hydroxyl groups is 1. The summed E-state index contributed by atoms with van der Waals surface area (Å²) in [4.78, 5) is 2.27. The molecule has 0 spiro atoms. The summed E-state index contributed by atoms with van der Waals surface area (Å²) in [5.41, 5.74) is 2.55. The molecule has 138 valence electrons. The van der Waals surface area contributed by atoms with Gasteiger partial charge in [-0.25, -0.2) is 4.39 Å². The summed E-state index contributed by atoms with van der Waals surface area (Å²) in [6, 6.07) is 12.8. The number of ether oxygens (including phenoxy) is 2. The molecule has 2 aliphatic heterocycles. The van der Waals surface area contributed by atoms with E-state index >= 15 is 0 Å². The van der Waals surface area contributed by atoms with Crippen molar-refractivity contribution in [1.29, 1.82) is 0 Å². The molecule has 5 heteroatoms. The lowest BCUT2D eigenvalue weighted by Crippen LogP contribution is -2.36. The maximum atomic E-state index is 14.1. The minimum absolute atomic E-state index is 0.207. The SMILES string of the molecule is OC[C@@H]1CCCN(Cc2cc(F)cc3c2O[C@H](c2ccccc2)OC3)C1. The Morgan fingerprint density at radius 1 is 1.19 bits per heavy atom. The van der Waals surface area contributed by atoms with Gasteiger partial charge in [0.1, 0.15) is 11.6 Å². The predicted molar refractivity (Wildman–Crippen MR) is 96.1 cm³/mol. The van der Waals surface area contributed by atoms with Crippen LogP contribution in [0.15, 0.2) is 42.5 Å². The van der Waals surface area contributed by atoms with Gasteiger partial charge in [-0.3, -0.25) is 4.90 Å². The maximum absolute atomic E-state index is 14.1. The fraction of sp³-hybridized carbons (Fsp3) is 0.429. The van der Waals surface area contributed by atoms with Crippen LogP contribution in [-0.4, -0.2) is 29.7 Å². The molecule has 0 aromatic heterocycles. The first-order valence-electron chi connectivity index (χ1n) is 9.20. The van der Waals surface area contributed by atoms with Crippen LogP contribution in [0, 0.1) is 11.7 Å². The Bertz CT molecular complexity index is 752. The van der Waals surface area contributed by atoms with Crippen LogP contribution in [0.5, 0.6) is 5.75 Å². The van der Waals surface area contributed by atoms with Crippen molar-refractivity contribution >= 4 is 0 Å². The van der Waals surface area contributed by atoms with Gasteiger partial charge in [0.05, 0.1) is 6.61 Å². The molecule has 0 amide bonds. The molecule has 0 radical (unpaired) electrons. The van der Waals surface area contributed by atoms with E-state index in [1.165, 1.54) is 6.07 Å². The molecule has 0 bridgehead atoms. The fourth-order valence-corrected chi connectivity index (χ4v) is 3.85. The van der Waals surface area contributed by atoms with E-state index in [1.54, 1.807) is 6.07 Å². The summed E-state index contributed by atoms with van der Waals surface area (Å²) in [5.74, 6) is 0.770. The number of hydrogen-bond acceptors (Lipinski definition) is 4. The first kappa shape index (κ1) is 17.5. The van der Waals surface area contributed by atoms with Gasteiger partial charge in [-0.1, -0.05) is 30.3 Å². The average molecular weight is 357 g/mol. The fourth-order valence-electron chi connectivity index (χ4n) is 3.85. The Kier molecular flexibility index (Phi) is 5.20. The van der Waals surface area contributed by atoms with Crippen LogP contribution in [0.3, 0.4) is 0 Å². The van der Waals surface area contributed by atoms with Crippen molar-refractivity contribution in [1.82, 2.24) is 4.90 Å². The second-order valence-electron chi connectivity index (χ2n) is 7.15. The largest absolute Gasteiger partial charge is 0.460 e. The summed E-state index contributed by atoms with van der Waals surface area (Å²) < 4.78 is 26.0. The second kappa shape index (κ2) is 7.74. The molecular formula is C21H24FNO3.